The largest absolute Gasteiger partial charge is 0.497 e. The summed E-state index contributed by atoms with van der Waals surface area (Å²) >= 11 is 3.34. The van der Waals surface area contributed by atoms with Crippen molar-refractivity contribution in [2.75, 3.05) is 7.11 Å². The van der Waals surface area contributed by atoms with Gasteiger partial charge in [-0.05, 0) is 71.8 Å². The molecule has 0 fully saturated rings. The molecule has 6 heteroatoms. The van der Waals surface area contributed by atoms with Crippen molar-refractivity contribution in [2.45, 2.75) is 43.0 Å². The molecule has 6 rings (SSSR count). The third kappa shape index (κ3) is 4.15. The highest BCUT2D eigenvalue weighted by molar-refractivity contribution is 7.98. The number of nitrogens with zero attached hydrogens (tertiary/aromatic N) is 2. The molecule has 0 radical (unpaired) electrons. The highest BCUT2D eigenvalue weighted by Crippen LogP contribution is 2.35. The van der Waals surface area contributed by atoms with Gasteiger partial charge in [0.05, 0.1) is 18.2 Å². The molecule has 0 saturated carbocycles. The summed E-state index contributed by atoms with van der Waals surface area (Å²) in [6.45, 7) is 0. The van der Waals surface area contributed by atoms with Gasteiger partial charge in [0, 0.05) is 10.6 Å². The first kappa shape index (κ1) is 22.4. The van der Waals surface area contributed by atoms with Gasteiger partial charge in [-0.15, -0.1) is 11.3 Å². The van der Waals surface area contributed by atoms with Crippen molar-refractivity contribution < 1.29 is 4.74 Å². The molecule has 4 nitrogen and oxygen atoms in total. The van der Waals surface area contributed by atoms with Crippen LogP contribution in [0, 0.1) is 0 Å². The Morgan fingerprint density at radius 3 is 2.63 bits per heavy atom. The molecule has 1 aliphatic carbocycles. The maximum absolute atomic E-state index is 14.1. The van der Waals surface area contributed by atoms with E-state index in [4.69, 9.17) is 9.72 Å². The van der Waals surface area contributed by atoms with Crippen molar-refractivity contribution in [1.29, 1.82) is 0 Å². The number of aryl methyl sites for hydroxylation is 2. The molecule has 176 valence electrons. The van der Waals surface area contributed by atoms with Crippen LogP contribution in [0.15, 0.2) is 76.7 Å². The Balaban J connectivity index is 1.49. The lowest BCUT2D eigenvalue weighted by Crippen LogP contribution is -2.22. The summed E-state index contributed by atoms with van der Waals surface area (Å²) in [5.41, 5.74) is 3.33. The number of thiophene rings is 1. The zero-order chi connectivity index (χ0) is 23.8. The number of aromatic nitrogens is 2. The van der Waals surface area contributed by atoms with Crippen LogP contribution in [0.2, 0.25) is 0 Å². The monoisotopic (exact) mass is 498 g/mol. The molecule has 0 atom stereocenters. The minimum absolute atomic E-state index is 0.0417. The molecule has 0 aliphatic heterocycles. The predicted molar refractivity (Wildman–Crippen MR) is 147 cm³/mol. The van der Waals surface area contributed by atoms with E-state index in [0.29, 0.717) is 0 Å². The van der Waals surface area contributed by atoms with Gasteiger partial charge >= 0.3 is 0 Å². The Morgan fingerprint density at radius 2 is 1.77 bits per heavy atom. The average molecular weight is 499 g/mol. The third-order valence-electron chi connectivity index (χ3n) is 6.78. The fourth-order valence-electron chi connectivity index (χ4n) is 4.98. The Hall–Kier alpha value is -3.09. The number of ether oxygens (including phenoxy) is 1. The number of thioether (sulfide) groups is 1. The van der Waals surface area contributed by atoms with Crippen LogP contribution in [0.1, 0.15) is 35.3 Å². The van der Waals surface area contributed by atoms with Crippen LogP contribution < -0.4 is 10.3 Å². The van der Waals surface area contributed by atoms with E-state index in [-0.39, 0.29) is 5.56 Å². The second-order valence-electron chi connectivity index (χ2n) is 8.90. The SMILES string of the molecule is COc1ccc(-n2c(SCc3cccc4ccccc34)nc3sc4c(c3c2=O)CCCCC4)cc1. The number of hydrogen-bond donors (Lipinski definition) is 0. The van der Waals surface area contributed by atoms with Crippen LogP contribution in [0.5, 0.6) is 5.75 Å². The van der Waals surface area contributed by atoms with Gasteiger partial charge in [-0.1, -0.05) is 60.6 Å². The van der Waals surface area contributed by atoms with Gasteiger partial charge < -0.3 is 4.74 Å². The van der Waals surface area contributed by atoms with Crippen molar-refractivity contribution in [1.82, 2.24) is 9.55 Å². The topological polar surface area (TPSA) is 44.1 Å². The molecule has 2 aromatic heterocycles. The summed E-state index contributed by atoms with van der Waals surface area (Å²) in [4.78, 5) is 21.4. The van der Waals surface area contributed by atoms with Crippen molar-refractivity contribution in [2.24, 2.45) is 0 Å². The predicted octanol–water partition coefficient (Wildman–Crippen LogP) is 7.17. The zero-order valence-corrected chi connectivity index (χ0v) is 21.3. The van der Waals surface area contributed by atoms with Gasteiger partial charge in [-0.2, -0.15) is 0 Å². The first-order valence-corrected chi connectivity index (χ1v) is 13.8. The molecule has 0 amide bonds. The van der Waals surface area contributed by atoms with E-state index < -0.39 is 0 Å². The normalized spacial score (nSPS) is 13.6. The minimum Gasteiger partial charge on any atom is -0.497 e. The van der Waals surface area contributed by atoms with Gasteiger partial charge in [-0.3, -0.25) is 9.36 Å². The zero-order valence-electron chi connectivity index (χ0n) is 19.6. The second kappa shape index (κ2) is 9.51. The van der Waals surface area contributed by atoms with Crippen LogP contribution in [0.3, 0.4) is 0 Å². The Bertz CT molecular complexity index is 1580. The molecular formula is C29H26N2O2S2. The summed E-state index contributed by atoms with van der Waals surface area (Å²) in [5.74, 6) is 1.51. The summed E-state index contributed by atoms with van der Waals surface area (Å²) in [5, 5.41) is 4.02. The van der Waals surface area contributed by atoms with E-state index in [1.165, 1.54) is 39.6 Å². The van der Waals surface area contributed by atoms with Crippen molar-refractivity contribution in [3.05, 3.63) is 93.1 Å². The molecule has 0 spiro atoms. The van der Waals surface area contributed by atoms with Crippen molar-refractivity contribution >= 4 is 44.1 Å². The summed E-state index contributed by atoms with van der Waals surface area (Å²) in [7, 11) is 1.65. The second-order valence-corrected chi connectivity index (χ2v) is 10.9. The smallest absolute Gasteiger partial charge is 0.267 e. The van der Waals surface area contributed by atoms with Gasteiger partial charge in [0.25, 0.3) is 5.56 Å². The lowest BCUT2D eigenvalue weighted by Gasteiger charge is -2.14. The molecule has 3 aromatic carbocycles. The van der Waals surface area contributed by atoms with Crippen LogP contribution in [-0.4, -0.2) is 16.7 Å². The minimum atomic E-state index is 0.0417. The fourth-order valence-corrected chi connectivity index (χ4v) is 7.30. The maximum atomic E-state index is 14.1. The van der Waals surface area contributed by atoms with E-state index in [0.717, 1.165) is 51.8 Å². The summed E-state index contributed by atoms with van der Waals surface area (Å²) in [6.07, 6.45) is 5.57. The molecule has 0 N–H and O–H groups in total. The first-order valence-electron chi connectivity index (χ1n) is 12.0. The standard InChI is InChI=1S/C29H26N2O2S2/c1-33-22-16-14-21(15-17-22)31-28(32)26-24-12-3-2-4-13-25(24)35-27(26)30-29(31)34-18-20-10-7-9-19-8-5-6-11-23(19)20/h5-11,14-17H,2-4,12-13,18H2,1H3. The highest BCUT2D eigenvalue weighted by Gasteiger charge is 2.22. The molecular weight excluding hydrogens is 472 g/mol. The van der Waals surface area contributed by atoms with Crippen molar-refractivity contribution in [3.8, 4) is 11.4 Å². The van der Waals surface area contributed by atoms with Crippen LogP contribution in [0.4, 0.5) is 0 Å². The maximum Gasteiger partial charge on any atom is 0.267 e. The van der Waals surface area contributed by atoms with E-state index in [1.807, 2.05) is 24.3 Å². The molecule has 5 aromatic rings. The number of benzene rings is 3. The number of fused-ring (bicyclic) bond motifs is 4. The fraction of sp³-hybridized carbons (Fsp3) is 0.241. The molecule has 0 bridgehead atoms. The van der Waals surface area contributed by atoms with Gasteiger partial charge in [-0.25, -0.2) is 4.98 Å². The number of rotatable bonds is 5. The van der Waals surface area contributed by atoms with Gasteiger partial charge in [0.15, 0.2) is 5.16 Å². The Labute approximate surface area is 212 Å². The quantitative estimate of drug-likeness (QED) is 0.146. The van der Waals surface area contributed by atoms with Gasteiger partial charge in [0.2, 0.25) is 0 Å². The van der Waals surface area contributed by atoms with E-state index in [2.05, 4.69) is 42.5 Å². The Kier molecular flexibility index (Phi) is 6.08. The molecule has 2 heterocycles. The molecule has 35 heavy (non-hydrogen) atoms. The lowest BCUT2D eigenvalue weighted by atomic mass is 10.1. The summed E-state index contributed by atoms with van der Waals surface area (Å²) < 4.78 is 7.15. The van der Waals surface area contributed by atoms with Crippen molar-refractivity contribution in [3.63, 3.8) is 0 Å². The lowest BCUT2D eigenvalue weighted by molar-refractivity contribution is 0.414. The molecule has 0 saturated heterocycles. The molecule has 1 aliphatic rings. The third-order valence-corrected chi connectivity index (χ3v) is 8.95. The highest BCUT2D eigenvalue weighted by atomic mass is 32.2. The summed E-state index contributed by atoms with van der Waals surface area (Å²) in [6, 6.07) is 22.5. The van der Waals surface area contributed by atoms with E-state index >= 15 is 0 Å². The number of methoxy groups -OCH3 is 1. The van der Waals surface area contributed by atoms with Gasteiger partial charge in [0.1, 0.15) is 10.6 Å². The van der Waals surface area contributed by atoms with E-state index in [1.54, 1.807) is 34.8 Å². The first-order chi connectivity index (χ1) is 17.2. The van der Waals surface area contributed by atoms with E-state index in [9.17, 15) is 4.79 Å². The Morgan fingerprint density at radius 1 is 0.971 bits per heavy atom. The average Bonchev–Trinajstić information content (AvgIpc) is 3.08. The van der Waals surface area contributed by atoms with Crippen LogP contribution >= 0.6 is 23.1 Å². The van der Waals surface area contributed by atoms with Crippen LogP contribution in [-0.2, 0) is 18.6 Å². The number of hydrogen-bond acceptors (Lipinski definition) is 5. The molecule has 0 unspecified atom stereocenters. The van der Waals surface area contributed by atoms with Crippen LogP contribution in [0.25, 0.3) is 26.7 Å².